The highest BCUT2D eigenvalue weighted by atomic mass is 32.2. The standard InChI is InChI=1S/C22H24FNO3S/c1-26-19-9-7-16(15-20(19)27-2)8-10-22(25)24-12-11-21(28-14-13-24)17-5-3-4-6-18(17)23/h3-10,15,21H,11-14H2,1-2H3/b10-8+. The van der Waals surface area contributed by atoms with Gasteiger partial charge in [-0.3, -0.25) is 4.79 Å². The van der Waals surface area contributed by atoms with Crippen molar-refractivity contribution in [3.8, 4) is 11.5 Å². The molecule has 0 radical (unpaired) electrons. The van der Waals surface area contributed by atoms with Gasteiger partial charge in [-0.25, -0.2) is 4.39 Å². The summed E-state index contributed by atoms with van der Waals surface area (Å²) in [4.78, 5) is 14.4. The van der Waals surface area contributed by atoms with Gasteiger partial charge in [0.15, 0.2) is 11.5 Å². The molecule has 0 aliphatic carbocycles. The largest absolute Gasteiger partial charge is 0.493 e. The number of hydrogen-bond donors (Lipinski definition) is 0. The van der Waals surface area contributed by atoms with E-state index in [9.17, 15) is 9.18 Å². The average Bonchev–Trinajstić information content (AvgIpc) is 2.98. The summed E-state index contributed by atoms with van der Waals surface area (Å²) >= 11 is 1.71. The van der Waals surface area contributed by atoms with Gasteiger partial charge in [0.1, 0.15) is 5.82 Å². The SMILES string of the molecule is COc1ccc(/C=C/C(=O)N2CCSC(c3ccccc3F)CC2)cc1OC. The van der Waals surface area contributed by atoms with Crippen molar-refractivity contribution in [2.75, 3.05) is 33.1 Å². The highest BCUT2D eigenvalue weighted by molar-refractivity contribution is 7.99. The van der Waals surface area contributed by atoms with E-state index in [-0.39, 0.29) is 17.0 Å². The summed E-state index contributed by atoms with van der Waals surface area (Å²) in [6.07, 6.45) is 4.09. The third-order valence-corrected chi connectivity index (χ3v) is 6.04. The smallest absolute Gasteiger partial charge is 0.246 e. The number of hydrogen-bond acceptors (Lipinski definition) is 4. The van der Waals surface area contributed by atoms with Crippen LogP contribution in [0.25, 0.3) is 6.08 Å². The lowest BCUT2D eigenvalue weighted by Crippen LogP contribution is -2.31. The van der Waals surface area contributed by atoms with Crippen molar-refractivity contribution in [2.45, 2.75) is 11.7 Å². The molecule has 1 aliphatic rings. The Morgan fingerprint density at radius 2 is 1.93 bits per heavy atom. The zero-order valence-corrected chi connectivity index (χ0v) is 16.9. The number of carbonyl (C=O) groups is 1. The molecule has 0 saturated carbocycles. The minimum Gasteiger partial charge on any atom is -0.493 e. The molecule has 1 fully saturated rings. The monoisotopic (exact) mass is 401 g/mol. The summed E-state index contributed by atoms with van der Waals surface area (Å²) in [6.45, 7) is 1.27. The van der Waals surface area contributed by atoms with E-state index in [1.54, 1.807) is 44.2 Å². The Labute approximate surface area is 169 Å². The first-order valence-electron chi connectivity index (χ1n) is 9.17. The van der Waals surface area contributed by atoms with Crippen LogP contribution in [0.3, 0.4) is 0 Å². The van der Waals surface area contributed by atoms with Gasteiger partial charge in [-0.1, -0.05) is 24.3 Å². The molecule has 0 spiro atoms. The van der Waals surface area contributed by atoms with E-state index in [1.165, 1.54) is 6.07 Å². The topological polar surface area (TPSA) is 38.8 Å². The van der Waals surface area contributed by atoms with Crippen LogP contribution in [-0.4, -0.2) is 43.9 Å². The lowest BCUT2D eigenvalue weighted by Gasteiger charge is -2.18. The van der Waals surface area contributed by atoms with Gasteiger partial charge in [0.25, 0.3) is 0 Å². The Kier molecular flexibility index (Phi) is 6.98. The van der Waals surface area contributed by atoms with Crippen LogP contribution in [0, 0.1) is 5.82 Å². The summed E-state index contributed by atoms with van der Waals surface area (Å²) in [5.41, 5.74) is 1.59. The van der Waals surface area contributed by atoms with Crippen molar-refractivity contribution in [3.63, 3.8) is 0 Å². The van der Waals surface area contributed by atoms with Crippen molar-refractivity contribution in [2.24, 2.45) is 0 Å². The number of thioether (sulfide) groups is 1. The Bertz CT molecular complexity index is 855. The fourth-order valence-electron chi connectivity index (χ4n) is 3.20. The van der Waals surface area contributed by atoms with Gasteiger partial charge in [0, 0.05) is 35.7 Å². The number of carbonyl (C=O) groups excluding carboxylic acids is 1. The van der Waals surface area contributed by atoms with Crippen LogP contribution in [0.2, 0.25) is 0 Å². The third kappa shape index (κ3) is 4.87. The number of halogens is 1. The number of amides is 1. The van der Waals surface area contributed by atoms with Gasteiger partial charge in [0.2, 0.25) is 5.91 Å². The molecule has 2 aromatic carbocycles. The van der Waals surface area contributed by atoms with Crippen LogP contribution in [0.4, 0.5) is 4.39 Å². The Morgan fingerprint density at radius 3 is 2.68 bits per heavy atom. The first-order valence-corrected chi connectivity index (χ1v) is 10.2. The van der Waals surface area contributed by atoms with E-state index >= 15 is 0 Å². The molecule has 28 heavy (non-hydrogen) atoms. The highest BCUT2D eigenvalue weighted by Gasteiger charge is 2.22. The van der Waals surface area contributed by atoms with Crippen molar-refractivity contribution in [3.05, 3.63) is 65.5 Å². The van der Waals surface area contributed by atoms with Crippen molar-refractivity contribution >= 4 is 23.7 Å². The van der Waals surface area contributed by atoms with Gasteiger partial charge >= 0.3 is 0 Å². The summed E-state index contributed by atoms with van der Waals surface area (Å²) < 4.78 is 24.6. The predicted molar refractivity (Wildman–Crippen MR) is 111 cm³/mol. The summed E-state index contributed by atoms with van der Waals surface area (Å²) in [5.74, 6) is 1.85. The zero-order chi connectivity index (χ0) is 19.9. The summed E-state index contributed by atoms with van der Waals surface area (Å²) in [7, 11) is 3.17. The number of methoxy groups -OCH3 is 2. The zero-order valence-electron chi connectivity index (χ0n) is 16.1. The minimum atomic E-state index is -0.173. The van der Waals surface area contributed by atoms with E-state index in [4.69, 9.17) is 9.47 Å². The Morgan fingerprint density at radius 1 is 1.14 bits per heavy atom. The maximum Gasteiger partial charge on any atom is 0.246 e. The van der Waals surface area contributed by atoms with Crippen LogP contribution in [0.5, 0.6) is 11.5 Å². The molecule has 2 aromatic rings. The number of rotatable bonds is 5. The Hall–Kier alpha value is -2.47. The van der Waals surface area contributed by atoms with Crippen LogP contribution < -0.4 is 9.47 Å². The normalized spacial score (nSPS) is 17.4. The van der Waals surface area contributed by atoms with Crippen LogP contribution in [0.15, 0.2) is 48.5 Å². The molecule has 0 aromatic heterocycles. The molecule has 0 N–H and O–H groups in total. The van der Waals surface area contributed by atoms with Crippen LogP contribution >= 0.6 is 11.8 Å². The van der Waals surface area contributed by atoms with Gasteiger partial charge in [-0.15, -0.1) is 0 Å². The lowest BCUT2D eigenvalue weighted by atomic mass is 10.1. The van der Waals surface area contributed by atoms with Crippen molar-refractivity contribution in [1.82, 2.24) is 4.90 Å². The first kappa shape index (κ1) is 20.3. The summed E-state index contributed by atoms with van der Waals surface area (Å²) in [5, 5.41) is 0.0776. The average molecular weight is 402 g/mol. The molecule has 1 aliphatic heterocycles. The maximum absolute atomic E-state index is 14.1. The van der Waals surface area contributed by atoms with Gasteiger partial charge in [0.05, 0.1) is 14.2 Å². The molecular formula is C22H24FNO3S. The Balaban J connectivity index is 1.63. The molecule has 1 amide bonds. The third-order valence-electron chi connectivity index (χ3n) is 4.73. The maximum atomic E-state index is 14.1. The van der Waals surface area contributed by atoms with Gasteiger partial charge in [-0.2, -0.15) is 11.8 Å². The first-order chi connectivity index (χ1) is 13.6. The highest BCUT2D eigenvalue weighted by Crippen LogP contribution is 2.35. The second kappa shape index (κ2) is 9.64. The molecule has 1 atom stereocenters. The molecule has 6 heteroatoms. The van der Waals surface area contributed by atoms with Crippen molar-refractivity contribution in [1.29, 1.82) is 0 Å². The molecule has 0 bridgehead atoms. The van der Waals surface area contributed by atoms with Crippen LogP contribution in [-0.2, 0) is 4.79 Å². The number of nitrogens with zero attached hydrogens (tertiary/aromatic N) is 1. The molecule has 4 nitrogen and oxygen atoms in total. The minimum absolute atomic E-state index is 0.0374. The number of benzene rings is 2. The number of ether oxygens (including phenoxy) is 2. The van der Waals surface area contributed by atoms with Gasteiger partial charge in [-0.05, 0) is 36.3 Å². The second-order valence-electron chi connectivity index (χ2n) is 6.44. The van der Waals surface area contributed by atoms with E-state index in [2.05, 4.69) is 0 Å². The van der Waals surface area contributed by atoms with E-state index < -0.39 is 0 Å². The second-order valence-corrected chi connectivity index (χ2v) is 7.75. The molecular weight excluding hydrogens is 377 g/mol. The molecule has 1 saturated heterocycles. The fraction of sp³-hybridized carbons (Fsp3) is 0.318. The predicted octanol–water partition coefficient (Wildman–Crippen LogP) is 4.56. The van der Waals surface area contributed by atoms with E-state index in [1.807, 2.05) is 35.2 Å². The fourth-order valence-corrected chi connectivity index (χ4v) is 4.46. The van der Waals surface area contributed by atoms with Gasteiger partial charge < -0.3 is 14.4 Å². The van der Waals surface area contributed by atoms with E-state index in [0.29, 0.717) is 24.6 Å². The van der Waals surface area contributed by atoms with Crippen LogP contribution in [0.1, 0.15) is 22.8 Å². The quantitative estimate of drug-likeness (QED) is 0.689. The van der Waals surface area contributed by atoms with Crippen molar-refractivity contribution < 1.29 is 18.7 Å². The van der Waals surface area contributed by atoms with E-state index in [0.717, 1.165) is 23.3 Å². The molecule has 1 unspecified atom stereocenters. The lowest BCUT2D eigenvalue weighted by molar-refractivity contribution is -0.125. The molecule has 3 rings (SSSR count). The molecule has 1 heterocycles. The molecule has 148 valence electrons. The summed E-state index contributed by atoms with van der Waals surface area (Å²) in [6, 6.07) is 12.4.